The molecule has 0 bridgehead atoms. The van der Waals surface area contributed by atoms with Crippen LogP contribution in [0.5, 0.6) is 5.75 Å². The van der Waals surface area contributed by atoms with Crippen molar-refractivity contribution in [2.45, 2.75) is 31.3 Å². The van der Waals surface area contributed by atoms with Crippen molar-refractivity contribution in [3.05, 3.63) is 95.1 Å². The van der Waals surface area contributed by atoms with Crippen molar-refractivity contribution in [1.82, 2.24) is 0 Å². The lowest BCUT2D eigenvalue weighted by Gasteiger charge is -2.29. The van der Waals surface area contributed by atoms with Crippen molar-refractivity contribution in [1.29, 1.82) is 0 Å². The molecule has 152 valence electrons. The van der Waals surface area contributed by atoms with Gasteiger partial charge in [0.05, 0.1) is 5.41 Å². The number of fused-ring (bicyclic) bond motifs is 1. The average Bonchev–Trinajstić information content (AvgIpc) is 3.13. The van der Waals surface area contributed by atoms with Crippen LogP contribution in [0, 0.1) is 6.92 Å². The molecule has 0 radical (unpaired) electrons. The molecular formula is C26H25NO2S. The minimum atomic E-state index is -0.588. The number of carbonyl (C=O) groups is 1. The first kappa shape index (κ1) is 19.3. The number of ether oxygens (including phenoxy) is 1. The molecule has 2 aliphatic rings. The highest BCUT2D eigenvalue weighted by Gasteiger charge is 2.45. The van der Waals surface area contributed by atoms with E-state index in [0.29, 0.717) is 6.10 Å². The fourth-order valence-electron chi connectivity index (χ4n) is 4.33. The monoisotopic (exact) mass is 415 g/mol. The minimum Gasteiger partial charge on any atom is -0.489 e. The summed E-state index contributed by atoms with van der Waals surface area (Å²) in [5, 5.41) is 3.18. The van der Waals surface area contributed by atoms with Crippen LogP contribution in [-0.2, 0) is 23.1 Å². The molecule has 0 spiro atoms. The SMILES string of the molecule is Cc1ccc(C2(C(=O)Nc3ccc(OC4CSC4)cc3)Cc3ccccc3C2)cc1. The maximum atomic E-state index is 13.7. The molecule has 1 heterocycles. The van der Waals surface area contributed by atoms with E-state index in [4.69, 9.17) is 4.74 Å². The molecule has 1 N–H and O–H groups in total. The molecule has 1 fully saturated rings. The lowest BCUT2D eigenvalue weighted by molar-refractivity contribution is -0.121. The Hall–Kier alpha value is -2.72. The third kappa shape index (κ3) is 3.61. The molecule has 5 rings (SSSR count). The van der Waals surface area contributed by atoms with Crippen molar-refractivity contribution in [3.63, 3.8) is 0 Å². The largest absolute Gasteiger partial charge is 0.489 e. The van der Waals surface area contributed by atoms with Crippen LogP contribution in [0.4, 0.5) is 5.69 Å². The number of anilines is 1. The fourth-order valence-corrected chi connectivity index (χ4v) is 4.89. The molecule has 30 heavy (non-hydrogen) atoms. The fraction of sp³-hybridized carbons (Fsp3) is 0.269. The quantitative estimate of drug-likeness (QED) is 0.625. The van der Waals surface area contributed by atoms with Gasteiger partial charge in [-0.05, 0) is 60.7 Å². The maximum Gasteiger partial charge on any atom is 0.235 e. The van der Waals surface area contributed by atoms with E-state index in [-0.39, 0.29) is 5.91 Å². The first-order chi connectivity index (χ1) is 14.6. The number of carbonyl (C=O) groups excluding carboxylic acids is 1. The Morgan fingerprint density at radius 1 is 0.933 bits per heavy atom. The minimum absolute atomic E-state index is 0.0478. The van der Waals surface area contributed by atoms with Gasteiger partial charge in [0.25, 0.3) is 0 Å². The van der Waals surface area contributed by atoms with Gasteiger partial charge in [-0.1, -0.05) is 54.1 Å². The molecular weight excluding hydrogens is 390 g/mol. The van der Waals surface area contributed by atoms with Gasteiger partial charge in [-0.25, -0.2) is 0 Å². The van der Waals surface area contributed by atoms with Gasteiger partial charge >= 0.3 is 0 Å². The molecule has 0 aromatic heterocycles. The molecule has 0 atom stereocenters. The Morgan fingerprint density at radius 2 is 1.57 bits per heavy atom. The topological polar surface area (TPSA) is 38.3 Å². The second-order valence-corrected chi connectivity index (χ2v) is 9.40. The van der Waals surface area contributed by atoms with Gasteiger partial charge in [0.15, 0.2) is 0 Å². The van der Waals surface area contributed by atoms with Crippen molar-refractivity contribution < 1.29 is 9.53 Å². The van der Waals surface area contributed by atoms with Crippen molar-refractivity contribution >= 4 is 23.4 Å². The number of hydrogen-bond acceptors (Lipinski definition) is 3. The molecule has 3 aromatic rings. The van der Waals surface area contributed by atoms with Crippen molar-refractivity contribution in [3.8, 4) is 5.75 Å². The maximum absolute atomic E-state index is 13.7. The molecule has 3 aromatic carbocycles. The zero-order chi connectivity index (χ0) is 20.6. The summed E-state index contributed by atoms with van der Waals surface area (Å²) in [5.74, 6) is 3.02. The molecule has 1 saturated heterocycles. The number of rotatable bonds is 5. The van der Waals surface area contributed by atoms with Gasteiger partial charge in [-0.3, -0.25) is 4.79 Å². The Labute approximate surface area is 181 Å². The number of benzene rings is 3. The summed E-state index contributed by atoms with van der Waals surface area (Å²) < 4.78 is 5.92. The van der Waals surface area contributed by atoms with Crippen LogP contribution in [0.1, 0.15) is 22.3 Å². The van der Waals surface area contributed by atoms with Crippen LogP contribution < -0.4 is 10.1 Å². The zero-order valence-electron chi connectivity index (χ0n) is 17.1. The number of amides is 1. The number of thioether (sulfide) groups is 1. The average molecular weight is 416 g/mol. The first-order valence-electron chi connectivity index (χ1n) is 10.4. The highest BCUT2D eigenvalue weighted by Crippen LogP contribution is 2.41. The Kier molecular flexibility index (Phi) is 5.03. The van der Waals surface area contributed by atoms with Gasteiger partial charge in [-0.15, -0.1) is 0 Å². The molecule has 3 nitrogen and oxygen atoms in total. The van der Waals surface area contributed by atoms with E-state index in [0.717, 1.165) is 41.3 Å². The van der Waals surface area contributed by atoms with Gasteiger partial charge < -0.3 is 10.1 Å². The smallest absolute Gasteiger partial charge is 0.235 e. The van der Waals surface area contributed by atoms with Crippen LogP contribution in [0.25, 0.3) is 0 Å². The van der Waals surface area contributed by atoms with Gasteiger partial charge in [0, 0.05) is 17.2 Å². The second-order valence-electron chi connectivity index (χ2n) is 8.33. The number of nitrogens with one attached hydrogen (secondary N) is 1. The van der Waals surface area contributed by atoms with E-state index < -0.39 is 5.41 Å². The van der Waals surface area contributed by atoms with E-state index in [2.05, 4.69) is 60.8 Å². The normalized spacial score (nSPS) is 17.1. The molecule has 0 saturated carbocycles. The summed E-state index contributed by atoms with van der Waals surface area (Å²) in [6.45, 7) is 2.08. The lowest BCUT2D eigenvalue weighted by Crippen LogP contribution is -2.41. The van der Waals surface area contributed by atoms with Crippen LogP contribution in [-0.4, -0.2) is 23.5 Å². The van der Waals surface area contributed by atoms with E-state index in [1.165, 1.54) is 16.7 Å². The third-order valence-corrected chi connectivity index (χ3v) is 7.38. The molecule has 1 aliphatic carbocycles. The highest BCUT2D eigenvalue weighted by molar-refractivity contribution is 8.00. The van der Waals surface area contributed by atoms with Crippen LogP contribution in [0.2, 0.25) is 0 Å². The Morgan fingerprint density at radius 3 is 2.13 bits per heavy atom. The van der Waals surface area contributed by atoms with Gasteiger partial charge in [0.2, 0.25) is 5.91 Å². The predicted octanol–water partition coefficient (Wildman–Crippen LogP) is 5.16. The summed E-state index contributed by atoms with van der Waals surface area (Å²) >= 11 is 1.90. The highest BCUT2D eigenvalue weighted by atomic mass is 32.2. The van der Waals surface area contributed by atoms with Crippen LogP contribution >= 0.6 is 11.8 Å². The first-order valence-corrected chi connectivity index (χ1v) is 11.6. The molecule has 1 aliphatic heterocycles. The Balaban J connectivity index is 1.40. The number of hydrogen-bond donors (Lipinski definition) is 1. The van der Waals surface area contributed by atoms with Crippen LogP contribution in [0.15, 0.2) is 72.8 Å². The third-order valence-electron chi connectivity index (χ3n) is 6.16. The summed E-state index contributed by atoms with van der Waals surface area (Å²) in [5.41, 5.74) is 5.01. The number of aryl methyl sites for hydroxylation is 1. The van der Waals surface area contributed by atoms with E-state index >= 15 is 0 Å². The summed E-state index contributed by atoms with van der Waals surface area (Å²) in [6.07, 6.45) is 1.76. The second kappa shape index (κ2) is 7.84. The van der Waals surface area contributed by atoms with Crippen LogP contribution in [0.3, 0.4) is 0 Å². The lowest BCUT2D eigenvalue weighted by atomic mass is 9.76. The van der Waals surface area contributed by atoms with Gasteiger partial charge in [-0.2, -0.15) is 11.8 Å². The Bertz CT molecular complexity index is 1030. The molecule has 4 heteroatoms. The van der Waals surface area contributed by atoms with Crippen molar-refractivity contribution in [2.24, 2.45) is 0 Å². The summed E-state index contributed by atoms with van der Waals surface area (Å²) in [6, 6.07) is 24.6. The predicted molar refractivity (Wildman–Crippen MR) is 124 cm³/mol. The standard InChI is InChI=1S/C26H25NO2S/c1-18-6-8-21(9-7-18)26(14-19-4-2-3-5-20(19)15-26)25(28)27-22-10-12-23(13-11-22)29-24-16-30-17-24/h2-13,24H,14-17H2,1H3,(H,27,28). The van der Waals surface area contributed by atoms with E-state index in [9.17, 15) is 4.79 Å². The molecule has 0 unspecified atom stereocenters. The summed E-state index contributed by atoms with van der Waals surface area (Å²) in [4.78, 5) is 13.7. The molecule has 1 amide bonds. The summed E-state index contributed by atoms with van der Waals surface area (Å²) in [7, 11) is 0. The zero-order valence-corrected chi connectivity index (χ0v) is 17.9. The van der Waals surface area contributed by atoms with Gasteiger partial charge in [0.1, 0.15) is 11.9 Å². The van der Waals surface area contributed by atoms with E-state index in [1.54, 1.807) is 0 Å². The van der Waals surface area contributed by atoms with E-state index in [1.807, 2.05) is 36.0 Å². The van der Waals surface area contributed by atoms with Crippen molar-refractivity contribution in [2.75, 3.05) is 16.8 Å².